The van der Waals surface area contributed by atoms with Gasteiger partial charge in [0.1, 0.15) is 0 Å². The highest BCUT2D eigenvalue weighted by Gasteiger charge is 2.25. The van der Waals surface area contributed by atoms with E-state index < -0.39 is 0 Å². The van der Waals surface area contributed by atoms with Gasteiger partial charge < -0.3 is 14.2 Å². The Balaban J connectivity index is 1.84. The summed E-state index contributed by atoms with van der Waals surface area (Å²) < 4.78 is 16.4. The molecule has 4 heteroatoms. The average Bonchev–Trinajstić information content (AvgIpc) is 2.89. The van der Waals surface area contributed by atoms with E-state index in [1.165, 1.54) is 50.5 Å². The first-order chi connectivity index (χ1) is 16.2. The van der Waals surface area contributed by atoms with Crippen molar-refractivity contribution in [2.45, 2.75) is 76.5 Å². The van der Waals surface area contributed by atoms with Gasteiger partial charge in [0.15, 0.2) is 17.3 Å². The molecule has 2 unspecified atom stereocenters. The van der Waals surface area contributed by atoms with E-state index in [9.17, 15) is 4.79 Å². The molecule has 180 valence electrons. The summed E-state index contributed by atoms with van der Waals surface area (Å²) in [6, 6.07) is 14.5. The molecule has 1 saturated carbocycles. The van der Waals surface area contributed by atoms with Crippen LogP contribution in [-0.4, -0.2) is 27.1 Å². The molecule has 1 fully saturated rings. The fourth-order valence-electron chi connectivity index (χ4n) is 5.14. The van der Waals surface area contributed by atoms with E-state index in [0.29, 0.717) is 28.7 Å². The monoisotopic (exact) mass is 452 g/mol. The lowest BCUT2D eigenvalue weighted by atomic mass is 9.82. The van der Waals surface area contributed by atoms with Crippen molar-refractivity contribution in [1.29, 1.82) is 0 Å². The van der Waals surface area contributed by atoms with E-state index in [2.05, 4.69) is 30.3 Å². The predicted molar refractivity (Wildman–Crippen MR) is 134 cm³/mol. The minimum absolute atomic E-state index is 0.0137. The SMILES string of the molecule is COc1cc(C(=O)C2CCCCCCCCCC(c3ccccc3)CC2)cc(OC)c1OC. The second kappa shape index (κ2) is 13.3. The van der Waals surface area contributed by atoms with Crippen LogP contribution in [0.5, 0.6) is 17.2 Å². The molecule has 1 aliphatic carbocycles. The van der Waals surface area contributed by atoms with Gasteiger partial charge in [0, 0.05) is 11.5 Å². The molecule has 2 aromatic carbocycles. The highest BCUT2D eigenvalue weighted by Crippen LogP contribution is 2.40. The molecule has 0 radical (unpaired) electrons. The fraction of sp³-hybridized carbons (Fsp3) is 0.552. The number of hydrogen-bond donors (Lipinski definition) is 0. The van der Waals surface area contributed by atoms with Gasteiger partial charge in [0.2, 0.25) is 5.75 Å². The summed E-state index contributed by atoms with van der Waals surface area (Å²) in [5, 5.41) is 0. The van der Waals surface area contributed by atoms with Crippen LogP contribution in [0.25, 0.3) is 0 Å². The van der Waals surface area contributed by atoms with Gasteiger partial charge in [-0.25, -0.2) is 0 Å². The Morgan fingerprint density at radius 1 is 0.697 bits per heavy atom. The molecule has 2 atom stereocenters. The summed E-state index contributed by atoms with van der Waals surface area (Å²) in [5.41, 5.74) is 2.06. The molecule has 0 N–H and O–H groups in total. The van der Waals surface area contributed by atoms with Crippen molar-refractivity contribution < 1.29 is 19.0 Å². The molecule has 0 aliphatic heterocycles. The number of carbonyl (C=O) groups is 1. The van der Waals surface area contributed by atoms with Gasteiger partial charge in [0.25, 0.3) is 0 Å². The van der Waals surface area contributed by atoms with Crippen LogP contribution in [0.15, 0.2) is 42.5 Å². The predicted octanol–water partition coefficient (Wildman–Crippen LogP) is 7.60. The van der Waals surface area contributed by atoms with Crippen LogP contribution < -0.4 is 14.2 Å². The van der Waals surface area contributed by atoms with Crippen LogP contribution in [0.4, 0.5) is 0 Å². The molecule has 2 aromatic rings. The van der Waals surface area contributed by atoms with E-state index >= 15 is 0 Å². The second-order valence-electron chi connectivity index (χ2n) is 9.21. The Kier molecular flexibility index (Phi) is 10.1. The van der Waals surface area contributed by atoms with Crippen LogP contribution in [0.2, 0.25) is 0 Å². The van der Waals surface area contributed by atoms with Crippen LogP contribution >= 0.6 is 0 Å². The Hall–Kier alpha value is -2.49. The third-order valence-corrected chi connectivity index (χ3v) is 7.06. The van der Waals surface area contributed by atoms with Crippen molar-refractivity contribution in [2.24, 2.45) is 5.92 Å². The molecule has 0 amide bonds. The quantitative estimate of drug-likeness (QED) is 0.423. The molecule has 0 saturated heterocycles. The van der Waals surface area contributed by atoms with Gasteiger partial charge >= 0.3 is 0 Å². The first-order valence-electron chi connectivity index (χ1n) is 12.6. The van der Waals surface area contributed by atoms with Crippen molar-refractivity contribution in [3.8, 4) is 17.2 Å². The molecule has 3 rings (SSSR count). The number of benzene rings is 2. The normalized spacial score (nSPS) is 20.6. The smallest absolute Gasteiger partial charge is 0.203 e. The number of Topliss-reactive ketones (excluding diaryl/α,β-unsaturated/α-hetero) is 1. The van der Waals surface area contributed by atoms with Crippen molar-refractivity contribution in [1.82, 2.24) is 0 Å². The number of hydrogen-bond acceptors (Lipinski definition) is 4. The number of rotatable bonds is 6. The van der Waals surface area contributed by atoms with Crippen LogP contribution in [0.1, 0.15) is 92.5 Å². The standard InChI is InChI=1S/C29H40O4/c1-31-26-20-25(21-27(32-2)29(26)33-3)28(30)24-17-11-8-6-4-5-7-10-16-23(18-19-24)22-14-12-9-13-15-22/h9,12-15,20-21,23-24H,4-8,10-11,16-19H2,1-3H3. The maximum absolute atomic E-state index is 13.7. The molecule has 0 spiro atoms. The summed E-state index contributed by atoms with van der Waals surface area (Å²) in [5.74, 6) is 2.31. The number of ketones is 1. The Labute approximate surface area is 199 Å². The molecule has 4 nitrogen and oxygen atoms in total. The zero-order valence-corrected chi connectivity index (χ0v) is 20.6. The first-order valence-corrected chi connectivity index (χ1v) is 12.6. The van der Waals surface area contributed by atoms with Crippen molar-refractivity contribution in [2.75, 3.05) is 21.3 Å². The van der Waals surface area contributed by atoms with Crippen LogP contribution in [0.3, 0.4) is 0 Å². The summed E-state index contributed by atoms with van der Waals surface area (Å²) in [4.78, 5) is 13.7. The van der Waals surface area contributed by atoms with Crippen molar-refractivity contribution in [3.63, 3.8) is 0 Å². The van der Waals surface area contributed by atoms with Crippen LogP contribution in [0, 0.1) is 5.92 Å². The second-order valence-corrected chi connectivity index (χ2v) is 9.21. The van der Waals surface area contributed by atoms with Crippen LogP contribution in [-0.2, 0) is 0 Å². The molecule has 1 aliphatic rings. The lowest BCUT2D eigenvalue weighted by Crippen LogP contribution is -2.17. The number of methoxy groups -OCH3 is 3. The average molecular weight is 453 g/mol. The number of carbonyl (C=O) groups excluding carboxylic acids is 1. The Bertz CT molecular complexity index is 836. The first kappa shape index (κ1) is 25.1. The largest absolute Gasteiger partial charge is 0.493 e. The number of ether oxygens (including phenoxy) is 3. The maximum Gasteiger partial charge on any atom is 0.203 e. The maximum atomic E-state index is 13.7. The molecule has 0 aromatic heterocycles. The van der Waals surface area contributed by atoms with Gasteiger partial charge in [-0.3, -0.25) is 4.79 Å². The van der Waals surface area contributed by atoms with Gasteiger partial charge in [0.05, 0.1) is 21.3 Å². The molecule has 0 heterocycles. The highest BCUT2D eigenvalue weighted by molar-refractivity contribution is 5.99. The van der Waals surface area contributed by atoms with Crippen molar-refractivity contribution in [3.05, 3.63) is 53.6 Å². The molecule has 0 bridgehead atoms. The zero-order chi connectivity index (χ0) is 23.5. The van der Waals surface area contributed by atoms with E-state index in [-0.39, 0.29) is 11.7 Å². The highest BCUT2D eigenvalue weighted by atomic mass is 16.5. The third kappa shape index (κ3) is 6.99. The van der Waals surface area contributed by atoms with E-state index in [0.717, 1.165) is 25.7 Å². The minimum atomic E-state index is 0.0137. The molecular weight excluding hydrogens is 412 g/mol. The lowest BCUT2D eigenvalue weighted by Gasteiger charge is -2.22. The van der Waals surface area contributed by atoms with Gasteiger partial charge in [-0.1, -0.05) is 75.3 Å². The van der Waals surface area contributed by atoms with Gasteiger partial charge in [-0.2, -0.15) is 0 Å². The summed E-state index contributed by atoms with van der Waals surface area (Å²) in [7, 11) is 4.77. The summed E-state index contributed by atoms with van der Waals surface area (Å²) in [6.45, 7) is 0. The Morgan fingerprint density at radius 3 is 1.85 bits per heavy atom. The van der Waals surface area contributed by atoms with Crippen molar-refractivity contribution >= 4 is 5.78 Å². The zero-order valence-electron chi connectivity index (χ0n) is 20.6. The van der Waals surface area contributed by atoms with E-state index in [1.54, 1.807) is 33.5 Å². The fourth-order valence-corrected chi connectivity index (χ4v) is 5.14. The summed E-state index contributed by atoms with van der Waals surface area (Å²) >= 11 is 0. The minimum Gasteiger partial charge on any atom is -0.493 e. The van der Waals surface area contributed by atoms with E-state index in [1.807, 2.05) is 0 Å². The van der Waals surface area contributed by atoms with Gasteiger partial charge in [-0.05, 0) is 49.3 Å². The Morgan fingerprint density at radius 2 is 1.27 bits per heavy atom. The molecular formula is C29H40O4. The van der Waals surface area contributed by atoms with E-state index in [4.69, 9.17) is 14.2 Å². The third-order valence-electron chi connectivity index (χ3n) is 7.06. The lowest BCUT2D eigenvalue weighted by molar-refractivity contribution is 0.0899. The topological polar surface area (TPSA) is 44.8 Å². The van der Waals surface area contributed by atoms with Gasteiger partial charge in [-0.15, -0.1) is 0 Å². The molecule has 33 heavy (non-hydrogen) atoms. The summed E-state index contributed by atoms with van der Waals surface area (Å²) in [6.07, 6.45) is 12.9.